The Morgan fingerprint density at radius 3 is 2.30 bits per heavy atom. The van der Waals surface area contributed by atoms with Gasteiger partial charge in [-0.15, -0.1) is 0 Å². The predicted octanol–water partition coefficient (Wildman–Crippen LogP) is 2.77. The van der Waals surface area contributed by atoms with Crippen LogP contribution in [0.2, 0.25) is 0 Å². The summed E-state index contributed by atoms with van der Waals surface area (Å²) in [5.41, 5.74) is -0.419. The quantitative estimate of drug-likeness (QED) is 0.693. The van der Waals surface area contributed by atoms with E-state index in [4.69, 9.17) is 8.22 Å². The first-order valence-corrected chi connectivity index (χ1v) is 3.36. The number of rotatable bonds is 0. The average Bonchev–Trinajstić information content (AvgIpc) is 2.04. The molecule has 0 atom stereocenters. The van der Waals surface area contributed by atoms with Crippen LogP contribution in [0.4, 0.5) is 0 Å². The van der Waals surface area contributed by atoms with Crippen molar-refractivity contribution in [2.24, 2.45) is 0 Å². The molecule has 1 aromatic carbocycles. The third kappa shape index (κ3) is 1.32. The summed E-state index contributed by atoms with van der Waals surface area (Å²) in [5, 5.41) is 9.32. The fourth-order valence-corrected chi connectivity index (χ4v) is 0.838. The number of phenols is 1. The number of hydrogen-bond donors (Lipinski definition) is 1. The minimum atomic E-state index is -2.47. The summed E-state index contributed by atoms with van der Waals surface area (Å²) in [6.45, 7) is -4.95. The van der Waals surface area contributed by atoms with Crippen LogP contribution in [0.25, 0.3) is 0 Å². The van der Waals surface area contributed by atoms with Crippen molar-refractivity contribution in [2.45, 2.75) is 13.7 Å². The topological polar surface area (TPSA) is 20.2 Å². The Kier molecular flexibility index (Phi) is 0.750. The van der Waals surface area contributed by atoms with Crippen molar-refractivity contribution in [3.63, 3.8) is 0 Å². The highest BCUT2D eigenvalue weighted by Gasteiger charge is 1.99. The van der Waals surface area contributed by atoms with Gasteiger partial charge in [-0.1, -0.05) is 15.9 Å². The first-order valence-electron chi connectivity index (χ1n) is 5.57. The van der Waals surface area contributed by atoms with Gasteiger partial charge in [-0.2, -0.15) is 0 Å². The van der Waals surface area contributed by atoms with Crippen molar-refractivity contribution >= 4 is 15.9 Å². The normalized spacial score (nSPS) is 21.3. The number of aryl methyl sites for hydroxylation is 2. The van der Waals surface area contributed by atoms with Crippen molar-refractivity contribution in [3.05, 3.63) is 27.7 Å². The standard InChI is InChI=1S/C8H9BrO/c1-5-3-7(10)4-6(2)8(5)9/h3-4,10H,1-2H3/i1D3,2D3. The van der Waals surface area contributed by atoms with Gasteiger partial charge in [0.1, 0.15) is 5.75 Å². The van der Waals surface area contributed by atoms with Crippen LogP contribution in [0, 0.1) is 13.7 Å². The average molecular weight is 207 g/mol. The van der Waals surface area contributed by atoms with Gasteiger partial charge in [-0.25, -0.2) is 0 Å². The van der Waals surface area contributed by atoms with Gasteiger partial charge >= 0.3 is 0 Å². The van der Waals surface area contributed by atoms with Gasteiger partial charge in [0.05, 0.1) is 0 Å². The highest BCUT2D eigenvalue weighted by atomic mass is 79.9. The molecule has 1 aromatic rings. The molecule has 1 N–H and O–H groups in total. The minimum absolute atomic E-state index is 0.00898. The van der Waals surface area contributed by atoms with Crippen molar-refractivity contribution in [2.75, 3.05) is 0 Å². The van der Waals surface area contributed by atoms with Gasteiger partial charge in [0.25, 0.3) is 0 Å². The Labute approximate surface area is 77.3 Å². The molecular formula is C8H9BrO. The monoisotopic (exact) mass is 206 g/mol. The van der Waals surface area contributed by atoms with Crippen LogP contribution < -0.4 is 0 Å². The molecule has 0 radical (unpaired) electrons. The number of hydrogen-bond acceptors (Lipinski definition) is 1. The van der Waals surface area contributed by atoms with Crippen LogP contribution >= 0.6 is 15.9 Å². The molecule has 0 aliphatic carbocycles. The fourth-order valence-electron chi connectivity index (χ4n) is 0.609. The van der Waals surface area contributed by atoms with Crippen LogP contribution in [0.1, 0.15) is 19.4 Å². The number of benzene rings is 1. The fraction of sp³-hybridized carbons (Fsp3) is 0.250. The molecule has 0 spiro atoms. The molecule has 0 saturated heterocycles. The molecule has 0 fully saturated rings. The van der Waals surface area contributed by atoms with Crippen molar-refractivity contribution in [1.29, 1.82) is 0 Å². The van der Waals surface area contributed by atoms with Gasteiger partial charge < -0.3 is 5.11 Å². The second kappa shape index (κ2) is 2.62. The van der Waals surface area contributed by atoms with Gasteiger partial charge in [0.2, 0.25) is 0 Å². The molecule has 0 bridgehead atoms. The molecule has 2 heteroatoms. The first-order chi connectivity index (χ1) is 7.03. The molecule has 0 aliphatic heterocycles. The smallest absolute Gasteiger partial charge is 0.116 e. The lowest BCUT2D eigenvalue weighted by Gasteiger charge is -2.02. The second-order valence-corrected chi connectivity index (χ2v) is 2.65. The van der Waals surface area contributed by atoms with Crippen LogP contribution in [-0.4, -0.2) is 5.11 Å². The molecule has 1 nitrogen and oxygen atoms in total. The van der Waals surface area contributed by atoms with Crippen molar-refractivity contribution in [1.82, 2.24) is 0 Å². The van der Waals surface area contributed by atoms with E-state index in [0.29, 0.717) is 0 Å². The number of halogens is 1. The van der Waals surface area contributed by atoms with Crippen molar-refractivity contribution in [3.8, 4) is 5.75 Å². The third-order valence-electron chi connectivity index (χ3n) is 1.06. The Morgan fingerprint density at radius 1 is 1.40 bits per heavy atom. The van der Waals surface area contributed by atoms with Crippen LogP contribution in [-0.2, 0) is 0 Å². The van der Waals surface area contributed by atoms with Crippen molar-refractivity contribution < 1.29 is 13.3 Å². The highest BCUT2D eigenvalue weighted by Crippen LogP contribution is 2.24. The number of aromatic hydroxyl groups is 1. The van der Waals surface area contributed by atoms with Crippen LogP contribution in [0.15, 0.2) is 16.6 Å². The van der Waals surface area contributed by atoms with E-state index in [1.54, 1.807) is 0 Å². The Morgan fingerprint density at radius 2 is 1.90 bits per heavy atom. The van der Waals surface area contributed by atoms with Gasteiger partial charge in [0.15, 0.2) is 0 Å². The highest BCUT2D eigenvalue weighted by molar-refractivity contribution is 9.10. The van der Waals surface area contributed by atoms with E-state index in [1.807, 2.05) is 0 Å². The lowest BCUT2D eigenvalue weighted by Crippen LogP contribution is -1.79. The molecule has 54 valence electrons. The van der Waals surface area contributed by atoms with E-state index >= 15 is 0 Å². The Balaban J connectivity index is 3.51. The molecule has 10 heavy (non-hydrogen) atoms. The van der Waals surface area contributed by atoms with E-state index < -0.39 is 13.7 Å². The zero-order valence-corrected chi connectivity index (χ0v) is 6.57. The van der Waals surface area contributed by atoms with Gasteiger partial charge in [-0.05, 0) is 37.0 Å². The van der Waals surface area contributed by atoms with E-state index in [-0.39, 0.29) is 21.3 Å². The summed E-state index contributed by atoms with van der Waals surface area (Å²) in [5.74, 6) is -0.375. The largest absolute Gasteiger partial charge is 0.508 e. The van der Waals surface area contributed by atoms with E-state index in [2.05, 4.69) is 15.9 Å². The maximum absolute atomic E-state index is 9.32. The zero-order chi connectivity index (χ0) is 12.7. The van der Waals surface area contributed by atoms with Crippen LogP contribution in [0.5, 0.6) is 5.75 Å². The summed E-state index contributed by atoms with van der Waals surface area (Å²) in [6, 6.07) is 2.07. The Bertz CT molecular complexity index is 373. The summed E-state index contributed by atoms with van der Waals surface area (Å²) in [6.07, 6.45) is 0. The molecular weight excluding hydrogens is 192 g/mol. The lowest BCUT2D eigenvalue weighted by molar-refractivity contribution is 0.474. The maximum atomic E-state index is 9.32. The van der Waals surface area contributed by atoms with E-state index in [0.717, 1.165) is 12.1 Å². The second-order valence-electron chi connectivity index (χ2n) is 1.85. The third-order valence-corrected chi connectivity index (χ3v) is 1.91. The summed E-state index contributed by atoms with van der Waals surface area (Å²) in [4.78, 5) is 0. The number of phenolic OH excluding ortho intramolecular Hbond substituents is 1. The van der Waals surface area contributed by atoms with E-state index in [1.165, 1.54) is 0 Å². The SMILES string of the molecule is [2H]C([2H])([2H])c1cc(O)cc(C([2H])([2H])[2H])c1Br. The lowest BCUT2D eigenvalue weighted by atomic mass is 10.1. The summed E-state index contributed by atoms with van der Waals surface area (Å²) >= 11 is 2.96. The minimum Gasteiger partial charge on any atom is -0.508 e. The summed E-state index contributed by atoms with van der Waals surface area (Å²) in [7, 11) is 0. The molecule has 0 amide bonds. The molecule has 0 aromatic heterocycles. The zero-order valence-electron chi connectivity index (χ0n) is 11.0. The van der Waals surface area contributed by atoms with Gasteiger partial charge in [0, 0.05) is 12.7 Å². The van der Waals surface area contributed by atoms with Crippen LogP contribution in [0.3, 0.4) is 0 Å². The molecule has 1 rings (SSSR count). The predicted molar refractivity (Wildman–Crippen MR) is 45.3 cm³/mol. The summed E-state index contributed by atoms with van der Waals surface area (Å²) < 4.78 is 43.3. The molecule has 0 heterocycles. The molecule has 0 aliphatic rings. The van der Waals surface area contributed by atoms with Gasteiger partial charge in [-0.3, -0.25) is 0 Å². The molecule has 0 unspecified atom stereocenters. The molecule has 0 saturated carbocycles. The first kappa shape index (κ1) is 2.86. The maximum Gasteiger partial charge on any atom is 0.116 e. The van der Waals surface area contributed by atoms with E-state index in [9.17, 15) is 5.11 Å². The Hall–Kier alpha value is -0.500.